The molecular weight excluding hydrogens is 1400 g/mol. The molecule has 0 N–H and O–H groups in total. The summed E-state index contributed by atoms with van der Waals surface area (Å²) in [5.74, 6) is 3.33. The molecule has 10 heteroatoms. The fraction of sp³-hybridized carbons (Fsp3) is 0.0286. The fourth-order valence-electron chi connectivity index (χ4n) is 18.6. The third-order valence-electron chi connectivity index (χ3n) is 23.5. The van der Waals surface area contributed by atoms with Gasteiger partial charge in [-0.25, -0.2) is 29.9 Å². The molecule has 23 rings (SSSR count). The molecule has 115 heavy (non-hydrogen) atoms. The van der Waals surface area contributed by atoms with Crippen molar-refractivity contribution in [3.8, 4) is 113 Å². The average Bonchev–Trinajstić information content (AvgIpc) is 1.49. The van der Waals surface area contributed by atoms with Gasteiger partial charge in [-0.15, -0.1) is 0 Å². The van der Waals surface area contributed by atoms with Crippen LogP contribution in [-0.4, -0.2) is 48.2 Å². The zero-order chi connectivity index (χ0) is 76.0. The fourth-order valence-corrected chi connectivity index (χ4v) is 18.6. The van der Waals surface area contributed by atoms with Crippen molar-refractivity contribution in [1.29, 1.82) is 0 Å². The van der Waals surface area contributed by atoms with Gasteiger partial charge in [0.1, 0.15) is 0 Å². The highest BCUT2D eigenvalue weighted by atomic mass is 15.3. The van der Waals surface area contributed by atoms with E-state index in [4.69, 9.17) is 29.9 Å². The summed E-state index contributed by atoms with van der Waals surface area (Å²) in [6.07, 6.45) is 0. The SMILES string of the molecule is Cc1ccc(-n2c3ccccc3c3ccc4c5ccccc5n(C5(n6c7ccccc7c7ccc8c9ccccc9n(-c9ccc(C)cc9-c9ccccc9)c8c76)c6cc(-c7nc(-c8ccccc8)nc(-c8ccccc8)n7)ccc6-c6ccc(-c7nc(-c8ccccc8)nc(-c8ccccc8)n7)cc65)c4c32)c(-c2ccccc2)c1. The van der Waals surface area contributed by atoms with Crippen molar-refractivity contribution in [1.82, 2.24) is 48.2 Å². The van der Waals surface area contributed by atoms with Crippen LogP contribution in [0.25, 0.3) is 200 Å². The van der Waals surface area contributed by atoms with E-state index in [2.05, 4.69) is 335 Å². The lowest BCUT2D eigenvalue weighted by Crippen LogP contribution is -2.42. The molecule has 16 aromatic carbocycles. The van der Waals surface area contributed by atoms with Gasteiger partial charge in [0, 0.05) is 98.7 Å². The Labute approximate surface area is 662 Å². The van der Waals surface area contributed by atoms with Crippen molar-refractivity contribution in [2.24, 2.45) is 0 Å². The van der Waals surface area contributed by atoms with Crippen molar-refractivity contribution in [3.05, 3.63) is 398 Å². The van der Waals surface area contributed by atoms with Crippen molar-refractivity contribution in [3.63, 3.8) is 0 Å². The van der Waals surface area contributed by atoms with Crippen LogP contribution in [0.3, 0.4) is 0 Å². The number of hydrogen-bond acceptors (Lipinski definition) is 6. The normalized spacial score (nSPS) is 12.5. The predicted octanol–water partition coefficient (Wildman–Crippen LogP) is 25.7. The van der Waals surface area contributed by atoms with E-state index in [0.29, 0.717) is 34.9 Å². The van der Waals surface area contributed by atoms with E-state index in [1.165, 1.54) is 11.1 Å². The maximum absolute atomic E-state index is 5.60. The quantitative estimate of drug-likeness (QED) is 0.121. The number of aryl methyl sites for hydroxylation is 2. The van der Waals surface area contributed by atoms with Crippen LogP contribution in [0.5, 0.6) is 0 Å². The van der Waals surface area contributed by atoms with Crippen molar-refractivity contribution < 1.29 is 0 Å². The van der Waals surface area contributed by atoms with E-state index in [1.54, 1.807) is 0 Å². The van der Waals surface area contributed by atoms with Gasteiger partial charge in [-0.3, -0.25) is 0 Å². The third kappa shape index (κ3) is 10.1. The van der Waals surface area contributed by atoms with Crippen LogP contribution in [0.15, 0.2) is 376 Å². The second-order valence-electron chi connectivity index (χ2n) is 30.2. The Balaban J connectivity index is 0.965. The Bertz CT molecular complexity index is 7140. The van der Waals surface area contributed by atoms with Crippen LogP contribution in [0.2, 0.25) is 0 Å². The molecule has 0 fully saturated rings. The number of nitrogens with zero attached hydrogens (tertiary/aromatic N) is 10. The van der Waals surface area contributed by atoms with E-state index in [0.717, 1.165) is 176 Å². The summed E-state index contributed by atoms with van der Waals surface area (Å²) in [5.41, 5.74) is 25.0. The molecule has 10 nitrogen and oxygen atoms in total. The highest BCUT2D eigenvalue weighted by Crippen LogP contribution is 2.59. The Morgan fingerprint density at radius 1 is 0.200 bits per heavy atom. The second-order valence-corrected chi connectivity index (χ2v) is 30.2. The lowest BCUT2D eigenvalue weighted by atomic mass is 9.91. The topological polar surface area (TPSA) is 97.1 Å². The highest BCUT2D eigenvalue weighted by Gasteiger charge is 2.51. The van der Waals surface area contributed by atoms with Gasteiger partial charge in [0.05, 0.1) is 55.5 Å². The number of aromatic nitrogens is 10. The Morgan fingerprint density at radius 3 is 0.800 bits per heavy atom. The molecular formula is C105H68N10. The number of para-hydroxylation sites is 4. The molecule has 1 aliphatic carbocycles. The molecule has 0 unspecified atom stereocenters. The highest BCUT2D eigenvalue weighted by molar-refractivity contribution is 6.26. The summed E-state index contributed by atoms with van der Waals surface area (Å²) >= 11 is 0. The average molecular weight is 1470 g/mol. The van der Waals surface area contributed by atoms with E-state index in [9.17, 15) is 0 Å². The molecule has 0 atom stereocenters. The van der Waals surface area contributed by atoms with E-state index in [1.807, 2.05) is 72.8 Å². The maximum atomic E-state index is 5.60. The van der Waals surface area contributed by atoms with Crippen LogP contribution >= 0.6 is 0 Å². The first kappa shape index (κ1) is 65.6. The van der Waals surface area contributed by atoms with Crippen LogP contribution < -0.4 is 0 Å². The molecule has 0 bridgehead atoms. The van der Waals surface area contributed by atoms with E-state index < -0.39 is 5.66 Å². The van der Waals surface area contributed by atoms with Gasteiger partial charge in [-0.1, -0.05) is 327 Å². The van der Waals surface area contributed by atoms with Crippen molar-refractivity contribution >= 4 is 87.2 Å². The number of benzene rings is 16. The summed E-state index contributed by atoms with van der Waals surface area (Å²) in [4.78, 5) is 33.0. The lowest BCUT2D eigenvalue weighted by molar-refractivity contribution is 0.416. The van der Waals surface area contributed by atoms with Crippen LogP contribution in [-0.2, 0) is 5.66 Å². The number of fused-ring (bicyclic) bond motifs is 17. The molecule has 6 aromatic heterocycles. The number of rotatable bonds is 12. The van der Waals surface area contributed by atoms with Gasteiger partial charge in [-0.2, -0.15) is 0 Å². The molecule has 538 valence electrons. The first-order valence-electron chi connectivity index (χ1n) is 39.2. The Morgan fingerprint density at radius 2 is 0.470 bits per heavy atom. The first-order chi connectivity index (χ1) is 56.9. The van der Waals surface area contributed by atoms with E-state index in [-0.39, 0.29) is 0 Å². The van der Waals surface area contributed by atoms with E-state index >= 15 is 0 Å². The molecule has 0 radical (unpaired) electrons. The smallest absolute Gasteiger partial charge is 0.176 e. The summed E-state index contributed by atoms with van der Waals surface area (Å²) in [7, 11) is 0. The summed E-state index contributed by atoms with van der Waals surface area (Å²) < 4.78 is 10.7. The lowest BCUT2D eigenvalue weighted by Gasteiger charge is -2.39. The summed E-state index contributed by atoms with van der Waals surface area (Å²) in [6.45, 7) is 4.40. The third-order valence-corrected chi connectivity index (χ3v) is 23.5. The molecule has 1 aliphatic rings. The maximum Gasteiger partial charge on any atom is 0.176 e. The van der Waals surface area contributed by atoms with Crippen molar-refractivity contribution in [2.75, 3.05) is 0 Å². The first-order valence-corrected chi connectivity index (χ1v) is 39.2. The molecule has 0 saturated heterocycles. The Kier molecular flexibility index (Phi) is 14.8. The van der Waals surface area contributed by atoms with Gasteiger partial charge in [-0.05, 0) is 96.8 Å². The molecule has 6 heterocycles. The van der Waals surface area contributed by atoms with Crippen molar-refractivity contribution in [2.45, 2.75) is 19.5 Å². The predicted molar refractivity (Wildman–Crippen MR) is 471 cm³/mol. The molecule has 0 spiro atoms. The van der Waals surface area contributed by atoms with Gasteiger partial charge in [0.2, 0.25) is 0 Å². The minimum atomic E-state index is -1.48. The van der Waals surface area contributed by atoms with Gasteiger partial charge in [0.25, 0.3) is 0 Å². The molecule has 22 aromatic rings. The largest absolute Gasteiger partial charge is 0.307 e. The van der Waals surface area contributed by atoms with Gasteiger partial charge >= 0.3 is 0 Å². The minimum Gasteiger partial charge on any atom is -0.307 e. The second kappa shape index (κ2) is 25.9. The zero-order valence-electron chi connectivity index (χ0n) is 62.8. The summed E-state index contributed by atoms with van der Waals surface area (Å²) in [5, 5.41) is 8.84. The zero-order valence-corrected chi connectivity index (χ0v) is 62.8. The monoisotopic (exact) mass is 1470 g/mol. The van der Waals surface area contributed by atoms with Crippen LogP contribution in [0, 0.1) is 13.8 Å². The van der Waals surface area contributed by atoms with Gasteiger partial charge < -0.3 is 18.3 Å². The molecule has 0 aliphatic heterocycles. The van der Waals surface area contributed by atoms with Gasteiger partial charge in [0.15, 0.2) is 40.6 Å². The standard InChI is InChI=1S/C105H68N10/c1-65-49-59-91(85(61-65)67-29-9-3-10-30-67)112-89-45-25-21-41-77(89)81-55-57-83-79-43-23-27-47-93(79)114(97(83)95(81)112)105(115-94-48-28-24-44-80(94)84-58-56-82-78-42-22-26-46-90(78)113(96(82)98(84)115)92-60-50-66(2)62-86(92)68-31-11-4-12-32-68)87-63-73(103-108-99(69-33-13-5-14-34-69)106-100(109-103)70-35-15-6-16-36-70)51-53-75(87)76-54-52-74(64-88(76)105)104-110-101(71-37-17-7-18-38-71)107-102(111-104)72-39-19-8-20-40-72/h3-64H,1-2H3. The number of hydrogen-bond donors (Lipinski definition) is 0. The molecule has 0 amide bonds. The Hall–Kier alpha value is -15.3. The minimum absolute atomic E-state index is 0.531. The van der Waals surface area contributed by atoms with Crippen LogP contribution in [0.1, 0.15) is 22.3 Å². The summed E-state index contributed by atoms with van der Waals surface area (Å²) in [6, 6.07) is 137. The molecule has 0 saturated carbocycles. The van der Waals surface area contributed by atoms with Crippen LogP contribution in [0.4, 0.5) is 0 Å².